The van der Waals surface area contributed by atoms with E-state index >= 15 is 0 Å². The van der Waals surface area contributed by atoms with Gasteiger partial charge < -0.3 is 4.74 Å². The number of halogens is 1. The minimum absolute atomic E-state index is 0.0134. The average molecular weight is 319 g/mol. The molecule has 0 aliphatic rings. The van der Waals surface area contributed by atoms with E-state index in [0.29, 0.717) is 5.92 Å². The minimum atomic E-state index is -0.103. The van der Waals surface area contributed by atoms with Gasteiger partial charge in [-0.05, 0) is 35.7 Å². The van der Waals surface area contributed by atoms with E-state index in [9.17, 15) is 0 Å². The predicted octanol–water partition coefficient (Wildman–Crippen LogP) is 2.40. The summed E-state index contributed by atoms with van der Waals surface area (Å²) in [5.41, 5.74) is 3.88. The molecule has 1 aromatic rings. The van der Waals surface area contributed by atoms with Crippen molar-refractivity contribution >= 4 is 15.9 Å². The number of methoxy groups -OCH3 is 1. The number of aromatic nitrogens is 2. The highest BCUT2D eigenvalue weighted by Crippen LogP contribution is 2.31. The Morgan fingerprint density at radius 3 is 2.39 bits per heavy atom. The molecule has 0 aliphatic heterocycles. The molecule has 2 unspecified atom stereocenters. The van der Waals surface area contributed by atoms with E-state index in [4.69, 9.17) is 10.6 Å². The third-order valence-electron chi connectivity index (χ3n) is 3.01. The minimum Gasteiger partial charge on any atom is -0.379 e. The van der Waals surface area contributed by atoms with Gasteiger partial charge in [0.25, 0.3) is 0 Å². The highest BCUT2D eigenvalue weighted by atomic mass is 79.9. The van der Waals surface area contributed by atoms with Gasteiger partial charge in [-0.2, -0.15) is 5.10 Å². The fourth-order valence-electron chi connectivity index (χ4n) is 2.18. The second-order valence-corrected chi connectivity index (χ2v) is 5.86. The predicted molar refractivity (Wildman–Crippen MR) is 76.0 cm³/mol. The van der Waals surface area contributed by atoms with Crippen LogP contribution in [0.15, 0.2) is 10.7 Å². The van der Waals surface area contributed by atoms with E-state index in [1.807, 2.05) is 4.68 Å². The lowest BCUT2D eigenvalue weighted by Crippen LogP contribution is -2.41. The lowest BCUT2D eigenvalue weighted by Gasteiger charge is -2.30. The van der Waals surface area contributed by atoms with Gasteiger partial charge in [0.15, 0.2) is 0 Å². The number of nitrogens with two attached hydrogens (primary N) is 1. The van der Waals surface area contributed by atoms with E-state index in [2.05, 4.69) is 54.1 Å². The van der Waals surface area contributed by atoms with Crippen LogP contribution in [0.5, 0.6) is 0 Å². The van der Waals surface area contributed by atoms with Crippen LogP contribution >= 0.6 is 15.9 Å². The lowest BCUT2D eigenvalue weighted by atomic mass is 9.97. The molecule has 18 heavy (non-hydrogen) atoms. The van der Waals surface area contributed by atoms with Gasteiger partial charge in [-0.3, -0.25) is 10.5 Å². The summed E-state index contributed by atoms with van der Waals surface area (Å²) in [5, 5.41) is 4.38. The van der Waals surface area contributed by atoms with Crippen LogP contribution in [0.2, 0.25) is 0 Å². The molecule has 0 radical (unpaired) electrons. The van der Waals surface area contributed by atoms with Crippen molar-refractivity contribution in [2.24, 2.45) is 11.8 Å². The largest absolute Gasteiger partial charge is 0.379 e. The van der Waals surface area contributed by atoms with Gasteiger partial charge in [-0.15, -0.1) is 0 Å². The molecule has 0 bridgehead atoms. The van der Waals surface area contributed by atoms with Crippen molar-refractivity contribution in [3.63, 3.8) is 0 Å². The number of hydrazine groups is 1. The molecule has 0 saturated carbocycles. The Labute approximate surface area is 117 Å². The van der Waals surface area contributed by atoms with Crippen LogP contribution in [-0.2, 0) is 4.74 Å². The number of hydrogen-bond donors (Lipinski definition) is 2. The summed E-state index contributed by atoms with van der Waals surface area (Å²) in [6.07, 6.45) is 1.78. The third-order valence-corrected chi connectivity index (χ3v) is 3.62. The molecule has 6 heteroatoms. The lowest BCUT2D eigenvalue weighted by molar-refractivity contribution is 0.0295. The van der Waals surface area contributed by atoms with Crippen LogP contribution in [0.3, 0.4) is 0 Å². The summed E-state index contributed by atoms with van der Waals surface area (Å²) in [5.74, 6) is 6.07. The van der Waals surface area contributed by atoms with E-state index in [1.165, 1.54) is 0 Å². The molecular formula is C12H23BrN4O. The van der Waals surface area contributed by atoms with Gasteiger partial charge >= 0.3 is 0 Å². The molecule has 1 rings (SSSR count). The first-order valence-electron chi connectivity index (χ1n) is 6.15. The van der Waals surface area contributed by atoms with E-state index in [-0.39, 0.29) is 18.2 Å². The zero-order valence-electron chi connectivity index (χ0n) is 11.6. The van der Waals surface area contributed by atoms with Gasteiger partial charge in [0.05, 0.1) is 28.5 Å². The molecule has 104 valence electrons. The first-order chi connectivity index (χ1) is 8.43. The van der Waals surface area contributed by atoms with Crippen molar-refractivity contribution in [1.82, 2.24) is 15.2 Å². The van der Waals surface area contributed by atoms with Crippen molar-refractivity contribution in [1.29, 1.82) is 0 Å². The SMILES string of the molecule is COC(C(C)C)C(NN)c1c(Br)cnn1C(C)C. The molecule has 0 spiro atoms. The monoisotopic (exact) mass is 318 g/mol. The van der Waals surface area contributed by atoms with Crippen LogP contribution in [-0.4, -0.2) is 23.0 Å². The van der Waals surface area contributed by atoms with Crippen LogP contribution in [0.25, 0.3) is 0 Å². The first-order valence-corrected chi connectivity index (χ1v) is 6.95. The fraction of sp³-hybridized carbons (Fsp3) is 0.750. The van der Waals surface area contributed by atoms with Crippen LogP contribution in [0.1, 0.15) is 45.5 Å². The summed E-state index contributed by atoms with van der Waals surface area (Å²) in [6.45, 7) is 8.41. The average Bonchev–Trinajstić information content (AvgIpc) is 2.67. The topological polar surface area (TPSA) is 65.1 Å². The zero-order chi connectivity index (χ0) is 13.9. The Morgan fingerprint density at radius 1 is 1.39 bits per heavy atom. The Bertz CT molecular complexity index is 378. The number of ether oxygens (including phenoxy) is 1. The van der Waals surface area contributed by atoms with Gasteiger partial charge in [-0.25, -0.2) is 5.43 Å². The Balaban J connectivity index is 3.19. The standard InChI is InChI=1S/C12H23BrN4O/c1-7(2)12(18-5)10(16-14)11-9(13)6-15-17(11)8(3)4/h6-8,10,12,16H,14H2,1-5H3. The maximum Gasteiger partial charge on any atom is 0.0904 e. The van der Waals surface area contributed by atoms with Gasteiger partial charge in [-0.1, -0.05) is 13.8 Å². The molecule has 0 amide bonds. The normalized spacial score (nSPS) is 15.4. The Morgan fingerprint density at radius 2 is 2.00 bits per heavy atom. The van der Waals surface area contributed by atoms with Crippen molar-refractivity contribution < 1.29 is 4.74 Å². The van der Waals surface area contributed by atoms with Gasteiger partial charge in [0.1, 0.15) is 0 Å². The molecule has 0 aromatic carbocycles. The summed E-state index contributed by atoms with van der Waals surface area (Å²) < 4.78 is 8.48. The van der Waals surface area contributed by atoms with Crippen LogP contribution in [0, 0.1) is 5.92 Å². The number of hydrogen-bond acceptors (Lipinski definition) is 4. The van der Waals surface area contributed by atoms with Crippen LogP contribution < -0.4 is 11.3 Å². The quantitative estimate of drug-likeness (QED) is 0.624. The smallest absolute Gasteiger partial charge is 0.0904 e. The van der Waals surface area contributed by atoms with E-state index in [0.717, 1.165) is 10.2 Å². The maximum absolute atomic E-state index is 5.72. The fourth-order valence-corrected chi connectivity index (χ4v) is 2.70. The molecule has 2 atom stereocenters. The molecule has 1 aromatic heterocycles. The number of rotatable bonds is 6. The molecule has 3 N–H and O–H groups in total. The van der Waals surface area contributed by atoms with Crippen molar-refractivity contribution in [3.8, 4) is 0 Å². The van der Waals surface area contributed by atoms with Crippen molar-refractivity contribution in [2.75, 3.05) is 7.11 Å². The second kappa shape index (κ2) is 6.65. The van der Waals surface area contributed by atoms with Crippen LogP contribution in [0.4, 0.5) is 0 Å². The summed E-state index contributed by atoms with van der Waals surface area (Å²) >= 11 is 3.54. The molecule has 0 fully saturated rings. The molecular weight excluding hydrogens is 296 g/mol. The third kappa shape index (κ3) is 3.12. The van der Waals surface area contributed by atoms with Crippen molar-refractivity contribution in [3.05, 3.63) is 16.4 Å². The highest BCUT2D eigenvalue weighted by Gasteiger charge is 2.30. The van der Waals surface area contributed by atoms with Crippen molar-refractivity contribution in [2.45, 2.75) is 45.9 Å². The summed E-state index contributed by atoms with van der Waals surface area (Å²) in [7, 11) is 1.71. The second-order valence-electron chi connectivity index (χ2n) is 5.00. The Hall–Kier alpha value is -0.430. The summed E-state index contributed by atoms with van der Waals surface area (Å²) in [4.78, 5) is 0. The maximum atomic E-state index is 5.72. The molecule has 0 saturated heterocycles. The highest BCUT2D eigenvalue weighted by molar-refractivity contribution is 9.10. The Kier molecular flexibility index (Phi) is 5.78. The van der Waals surface area contributed by atoms with Gasteiger partial charge in [0, 0.05) is 13.2 Å². The number of nitrogens with one attached hydrogen (secondary N) is 1. The summed E-state index contributed by atoms with van der Waals surface area (Å²) in [6, 6.07) is 0.168. The van der Waals surface area contributed by atoms with Gasteiger partial charge in [0.2, 0.25) is 0 Å². The zero-order valence-corrected chi connectivity index (χ0v) is 13.2. The molecule has 1 heterocycles. The molecule has 5 nitrogen and oxygen atoms in total. The number of nitrogens with zero attached hydrogens (tertiary/aromatic N) is 2. The first kappa shape index (κ1) is 15.6. The van der Waals surface area contributed by atoms with E-state index in [1.54, 1.807) is 13.3 Å². The van der Waals surface area contributed by atoms with E-state index < -0.39 is 0 Å². The molecule has 0 aliphatic carbocycles.